The smallest absolute Gasteiger partial charge is 0.273 e. The molecule has 16 heavy (non-hydrogen) atoms. The quantitative estimate of drug-likeness (QED) is 0.472. The topological polar surface area (TPSA) is 72.2 Å². The molecule has 82 valence electrons. The number of benzene rings is 1. The van der Waals surface area contributed by atoms with Crippen LogP contribution in [-0.4, -0.2) is 17.4 Å². The third kappa shape index (κ3) is 2.78. The molecule has 1 amide bonds. The molecule has 0 aliphatic rings. The summed E-state index contributed by atoms with van der Waals surface area (Å²) in [4.78, 5) is 21.0. The Balaban J connectivity index is 3.01. The van der Waals surface area contributed by atoms with E-state index in [9.17, 15) is 19.3 Å². The summed E-state index contributed by atoms with van der Waals surface area (Å²) in [5.41, 5.74) is -0.618. The van der Waals surface area contributed by atoms with Crippen molar-refractivity contribution < 1.29 is 14.1 Å². The number of nitrogens with zero attached hydrogens (tertiary/aromatic N) is 1. The molecule has 0 bridgehead atoms. The Morgan fingerprint density at radius 1 is 1.56 bits per heavy atom. The molecule has 1 rings (SSSR count). The van der Waals surface area contributed by atoms with E-state index in [0.717, 1.165) is 18.2 Å². The van der Waals surface area contributed by atoms with Gasteiger partial charge < -0.3 is 5.32 Å². The van der Waals surface area contributed by atoms with Crippen LogP contribution in [0.15, 0.2) is 18.2 Å². The molecule has 6 heteroatoms. The molecule has 0 aromatic heterocycles. The van der Waals surface area contributed by atoms with Gasteiger partial charge in [-0.1, -0.05) is 5.92 Å². The molecular weight excluding hydrogens is 215 g/mol. The molecule has 1 N–H and O–H groups in total. The monoisotopic (exact) mass is 222 g/mol. The highest BCUT2D eigenvalue weighted by molar-refractivity contribution is 5.94. The minimum absolute atomic E-state index is 0.0247. The number of nitro benzene ring substituents is 1. The lowest BCUT2D eigenvalue weighted by Crippen LogP contribution is -2.23. The van der Waals surface area contributed by atoms with Gasteiger partial charge >= 0.3 is 0 Å². The summed E-state index contributed by atoms with van der Waals surface area (Å²) in [5.74, 6) is 0.661. The average Bonchev–Trinajstić information content (AvgIpc) is 2.24. The van der Waals surface area contributed by atoms with Gasteiger partial charge in [-0.15, -0.1) is 6.42 Å². The zero-order valence-corrected chi connectivity index (χ0v) is 8.07. The van der Waals surface area contributed by atoms with E-state index in [-0.39, 0.29) is 12.1 Å². The minimum Gasteiger partial charge on any atom is -0.341 e. The van der Waals surface area contributed by atoms with Gasteiger partial charge in [0.05, 0.1) is 17.5 Å². The zero-order chi connectivity index (χ0) is 12.1. The first-order valence-electron chi connectivity index (χ1n) is 4.21. The van der Waals surface area contributed by atoms with Crippen molar-refractivity contribution in [1.29, 1.82) is 0 Å². The van der Waals surface area contributed by atoms with Gasteiger partial charge in [0.1, 0.15) is 5.82 Å². The summed E-state index contributed by atoms with van der Waals surface area (Å²) >= 11 is 0. The number of amides is 1. The van der Waals surface area contributed by atoms with E-state index in [2.05, 4.69) is 11.2 Å². The minimum atomic E-state index is -0.847. The predicted molar refractivity (Wildman–Crippen MR) is 54.2 cm³/mol. The van der Waals surface area contributed by atoms with E-state index in [1.54, 1.807) is 0 Å². The summed E-state index contributed by atoms with van der Waals surface area (Å²) in [6.07, 6.45) is 4.92. The molecule has 0 radical (unpaired) electrons. The molecule has 1 aromatic rings. The second-order valence-electron chi connectivity index (χ2n) is 2.84. The lowest BCUT2D eigenvalue weighted by Gasteiger charge is -2.01. The summed E-state index contributed by atoms with van der Waals surface area (Å²) in [5, 5.41) is 12.7. The SMILES string of the molecule is C#CCNC(=O)c1cc(F)cc([N+](=O)[O-])c1. The van der Waals surface area contributed by atoms with Crippen LogP contribution >= 0.6 is 0 Å². The number of non-ortho nitro benzene ring substituents is 1. The lowest BCUT2D eigenvalue weighted by atomic mass is 10.2. The van der Waals surface area contributed by atoms with Gasteiger partial charge in [-0.25, -0.2) is 4.39 Å². The molecule has 0 unspecified atom stereocenters. The van der Waals surface area contributed by atoms with Gasteiger partial charge in [0.2, 0.25) is 0 Å². The predicted octanol–water partition coefficient (Wildman–Crippen LogP) is 1.10. The third-order valence-corrected chi connectivity index (χ3v) is 1.71. The zero-order valence-electron chi connectivity index (χ0n) is 8.07. The van der Waals surface area contributed by atoms with Gasteiger partial charge in [-0.3, -0.25) is 14.9 Å². The molecule has 0 aliphatic carbocycles. The van der Waals surface area contributed by atoms with E-state index in [1.807, 2.05) is 0 Å². The summed E-state index contributed by atoms with van der Waals surface area (Å²) < 4.78 is 12.9. The number of terminal acetylenes is 1. The van der Waals surface area contributed by atoms with Crippen LogP contribution in [0.25, 0.3) is 0 Å². The second-order valence-corrected chi connectivity index (χ2v) is 2.84. The van der Waals surface area contributed by atoms with E-state index >= 15 is 0 Å². The fourth-order valence-electron chi connectivity index (χ4n) is 1.04. The van der Waals surface area contributed by atoms with Crippen molar-refractivity contribution in [3.63, 3.8) is 0 Å². The van der Waals surface area contributed by atoms with Crippen LogP contribution in [0, 0.1) is 28.3 Å². The third-order valence-electron chi connectivity index (χ3n) is 1.71. The molecule has 5 nitrogen and oxygen atoms in total. The van der Waals surface area contributed by atoms with E-state index in [1.165, 1.54) is 0 Å². The van der Waals surface area contributed by atoms with E-state index < -0.39 is 22.3 Å². The Bertz CT molecular complexity index is 479. The fourth-order valence-corrected chi connectivity index (χ4v) is 1.04. The van der Waals surface area contributed by atoms with Gasteiger partial charge in [0, 0.05) is 11.6 Å². The van der Waals surface area contributed by atoms with Crippen molar-refractivity contribution in [2.24, 2.45) is 0 Å². The Morgan fingerprint density at radius 3 is 2.81 bits per heavy atom. The number of rotatable bonds is 3. The first kappa shape index (κ1) is 11.7. The van der Waals surface area contributed by atoms with Gasteiger partial charge in [0.25, 0.3) is 11.6 Å². The average molecular weight is 222 g/mol. The Labute approximate surface area is 90.4 Å². The number of hydrogen-bond donors (Lipinski definition) is 1. The van der Waals surface area contributed by atoms with Crippen LogP contribution in [0.3, 0.4) is 0 Å². The highest BCUT2D eigenvalue weighted by Gasteiger charge is 2.13. The van der Waals surface area contributed by atoms with Crippen LogP contribution < -0.4 is 5.32 Å². The van der Waals surface area contributed by atoms with Crippen LogP contribution in [0.2, 0.25) is 0 Å². The molecule has 0 spiro atoms. The van der Waals surface area contributed by atoms with Crippen molar-refractivity contribution in [3.05, 3.63) is 39.7 Å². The summed E-state index contributed by atoms with van der Waals surface area (Å²) in [6, 6.07) is 2.62. The number of nitrogens with one attached hydrogen (secondary N) is 1. The molecule has 1 aromatic carbocycles. The highest BCUT2D eigenvalue weighted by atomic mass is 19.1. The van der Waals surface area contributed by atoms with Crippen molar-refractivity contribution in [2.45, 2.75) is 0 Å². The number of carbonyl (C=O) groups is 1. The number of hydrogen-bond acceptors (Lipinski definition) is 3. The molecule has 0 atom stereocenters. The van der Waals surface area contributed by atoms with Crippen LogP contribution in [0.5, 0.6) is 0 Å². The van der Waals surface area contributed by atoms with Crippen molar-refractivity contribution >= 4 is 11.6 Å². The Hall–Kier alpha value is -2.42. The second kappa shape index (κ2) is 4.89. The normalized spacial score (nSPS) is 9.25. The molecule has 0 fully saturated rings. The van der Waals surface area contributed by atoms with Gasteiger partial charge in [-0.2, -0.15) is 0 Å². The molecule has 0 saturated heterocycles. The van der Waals surface area contributed by atoms with Gasteiger partial charge in [-0.05, 0) is 6.07 Å². The maximum absolute atomic E-state index is 12.9. The molecular formula is C10H7FN2O3. The Kier molecular flexibility index (Phi) is 3.56. The molecule has 0 heterocycles. The van der Waals surface area contributed by atoms with Crippen LogP contribution in [-0.2, 0) is 0 Å². The van der Waals surface area contributed by atoms with Gasteiger partial charge in [0.15, 0.2) is 0 Å². The lowest BCUT2D eigenvalue weighted by molar-refractivity contribution is -0.385. The van der Waals surface area contributed by atoms with E-state index in [0.29, 0.717) is 0 Å². The van der Waals surface area contributed by atoms with Crippen molar-refractivity contribution in [3.8, 4) is 12.3 Å². The molecule has 0 saturated carbocycles. The number of nitro groups is 1. The fraction of sp³-hybridized carbons (Fsp3) is 0.100. The molecule has 0 aliphatic heterocycles. The van der Waals surface area contributed by atoms with Crippen LogP contribution in [0.1, 0.15) is 10.4 Å². The number of halogens is 1. The first-order valence-corrected chi connectivity index (χ1v) is 4.21. The largest absolute Gasteiger partial charge is 0.341 e. The highest BCUT2D eigenvalue weighted by Crippen LogP contribution is 2.16. The Morgan fingerprint density at radius 2 is 2.25 bits per heavy atom. The summed E-state index contributed by atoms with van der Waals surface area (Å²) in [6.45, 7) is -0.0247. The maximum atomic E-state index is 12.9. The first-order chi connectivity index (χ1) is 7.54. The van der Waals surface area contributed by atoms with Crippen molar-refractivity contribution in [2.75, 3.05) is 6.54 Å². The van der Waals surface area contributed by atoms with E-state index in [4.69, 9.17) is 6.42 Å². The standard InChI is InChI=1S/C10H7FN2O3/c1-2-3-12-10(14)7-4-8(11)6-9(5-7)13(15)16/h1,4-6H,3H2,(H,12,14). The summed E-state index contributed by atoms with van der Waals surface area (Å²) in [7, 11) is 0. The van der Waals surface area contributed by atoms with Crippen molar-refractivity contribution in [1.82, 2.24) is 5.32 Å². The van der Waals surface area contributed by atoms with Crippen LogP contribution in [0.4, 0.5) is 10.1 Å². The number of carbonyl (C=O) groups excluding carboxylic acids is 1. The maximum Gasteiger partial charge on any atom is 0.273 e.